The summed E-state index contributed by atoms with van der Waals surface area (Å²) in [5, 5.41) is 8.03. The van der Waals surface area contributed by atoms with Gasteiger partial charge in [-0.05, 0) is 30.3 Å². The highest BCUT2D eigenvalue weighted by molar-refractivity contribution is 5.61. The van der Waals surface area contributed by atoms with Crippen molar-refractivity contribution in [3.63, 3.8) is 0 Å². The second kappa shape index (κ2) is 5.53. The molecule has 2 aromatic heterocycles. The van der Waals surface area contributed by atoms with E-state index in [-0.39, 0.29) is 6.79 Å². The fraction of sp³-hybridized carbons (Fsp3) is 0.0625. The summed E-state index contributed by atoms with van der Waals surface area (Å²) in [6.45, 7) is 0.149. The van der Waals surface area contributed by atoms with Crippen molar-refractivity contribution >= 4 is 5.76 Å². The molecule has 114 valence electrons. The molecule has 0 atom stereocenters. The molecule has 0 unspecified atom stereocenters. The molecule has 0 spiro atoms. The lowest BCUT2D eigenvalue weighted by Crippen LogP contribution is -1.99. The normalized spacial score (nSPS) is 13.3. The predicted octanol–water partition coefficient (Wildman–Crippen LogP) is 2.77. The molecule has 1 aliphatic rings. The molecule has 0 radical (unpaired) electrons. The van der Waals surface area contributed by atoms with E-state index in [1.165, 1.54) is 17.0 Å². The maximum absolute atomic E-state index is 14.4. The second-order valence-electron chi connectivity index (χ2n) is 4.87. The minimum absolute atomic E-state index is 0.149. The highest BCUT2D eigenvalue weighted by Crippen LogP contribution is 2.24. The van der Waals surface area contributed by atoms with E-state index in [2.05, 4.69) is 15.3 Å². The van der Waals surface area contributed by atoms with E-state index < -0.39 is 5.82 Å². The molecule has 4 rings (SSSR count). The highest BCUT2D eigenvalue weighted by Gasteiger charge is 2.14. The lowest BCUT2D eigenvalue weighted by atomic mass is 10.1. The van der Waals surface area contributed by atoms with Crippen molar-refractivity contribution in [3.8, 4) is 16.9 Å². The molecule has 0 fully saturated rings. The Morgan fingerprint density at radius 2 is 2.13 bits per heavy atom. The third-order valence-electron chi connectivity index (χ3n) is 3.40. The van der Waals surface area contributed by atoms with Crippen molar-refractivity contribution in [2.24, 2.45) is 0 Å². The first-order valence-corrected chi connectivity index (χ1v) is 6.89. The Morgan fingerprint density at radius 1 is 1.17 bits per heavy atom. The van der Waals surface area contributed by atoms with Gasteiger partial charge in [-0.1, -0.05) is 5.21 Å². The van der Waals surface area contributed by atoms with Crippen molar-refractivity contribution in [2.75, 3.05) is 6.79 Å². The number of rotatable bonds is 3. The summed E-state index contributed by atoms with van der Waals surface area (Å²) in [6.07, 6.45) is 6.47. The standard InChI is InChI=1S/C16H11FN4O2/c17-13-6-11(16-9-22-10-23-16)3-4-15(13)21-8-14(19-20-21)12-2-1-5-18-7-12/h1-9H,10H2. The van der Waals surface area contributed by atoms with Gasteiger partial charge in [0, 0.05) is 23.5 Å². The third kappa shape index (κ3) is 2.52. The predicted molar refractivity (Wildman–Crippen MR) is 79.6 cm³/mol. The molecule has 23 heavy (non-hydrogen) atoms. The van der Waals surface area contributed by atoms with Gasteiger partial charge >= 0.3 is 0 Å². The van der Waals surface area contributed by atoms with Crippen LogP contribution in [0.4, 0.5) is 4.39 Å². The molecule has 0 saturated carbocycles. The number of ether oxygens (including phenoxy) is 2. The Morgan fingerprint density at radius 3 is 2.87 bits per heavy atom. The minimum Gasteiger partial charge on any atom is -0.461 e. The van der Waals surface area contributed by atoms with Gasteiger partial charge in [-0.3, -0.25) is 4.98 Å². The van der Waals surface area contributed by atoms with Crippen LogP contribution in [-0.2, 0) is 9.47 Å². The van der Waals surface area contributed by atoms with Crippen LogP contribution >= 0.6 is 0 Å². The quantitative estimate of drug-likeness (QED) is 0.744. The molecule has 0 bridgehead atoms. The monoisotopic (exact) mass is 310 g/mol. The summed E-state index contributed by atoms with van der Waals surface area (Å²) in [6, 6.07) is 8.41. The fourth-order valence-electron chi connectivity index (χ4n) is 2.27. The first kappa shape index (κ1) is 13.4. The molecular formula is C16H11FN4O2. The van der Waals surface area contributed by atoms with Crippen LogP contribution in [-0.4, -0.2) is 26.8 Å². The van der Waals surface area contributed by atoms with Gasteiger partial charge < -0.3 is 9.47 Å². The van der Waals surface area contributed by atoms with Gasteiger partial charge in [0.15, 0.2) is 5.76 Å². The average molecular weight is 310 g/mol. The Balaban J connectivity index is 1.67. The lowest BCUT2D eigenvalue weighted by molar-refractivity contribution is 0.100. The maximum Gasteiger partial charge on any atom is 0.230 e. The van der Waals surface area contributed by atoms with Crippen LogP contribution in [0.1, 0.15) is 5.56 Å². The van der Waals surface area contributed by atoms with Crippen LogP contribution in [0.2, 0.25) is 0 Å². The molecular weight excluding hydrogens is 299 g/mol. The minimum atomic E-state index is -0.429. The molecule has 0 saturated heterocycles. The Bertz CT molecular complexity index is 877. The zero-order valence-corrected chi connectivity index (χ0v) is 11.9. The van der Waals surface area contributed by atoms with Crippen LogP contribution in [0.5, 0.6) is 0 Å². The lowest BCUT2D eigenvalue weighted by Gasteiger charge is -2.05. The van der Waals surface area contributed by atoms with E-state index >= 15 is 0 Å². The molecule has 0 amide bonds. The summed E-state index contributed by atoms with van der Waals surface area (Å²) in [7, 11) is 0. The van der Waals surface area contributed by atoms with E-state index in [0.717, 1.165) is 5.56 Å². The maximum atomic E-state index is 14.4. The summed E-state index contributed by atoms with van der Waals surface area (Å²) in [5.74, 6) is 0.0756. The summed E-state index contributed by atoms with van der Waals surface area (Å²) in [4.78, 5) is 4.03. The van der Waals surface area contributed by atoms with E-state index in [9.17, 15) is 4.39 Å². The van der Waals surface area contributed by atoms with Gasteiger partial charge in [-0.25, -0.2) is 9.07 Å². The smallest absolute Gasteiger partial charge is 0.230 e. The van der Waals surface area contributed by atoms with Crippen LogP contribution in [0.3, 0.4) is 0 Å². The Labute approximate surface area is 130 Å². The van der Waals surface area contributed by atoms with Crippen molar-refractivity contribution in [1.29, 1.82) is 0 Å². The number of nitrogens with zero attached hydrogens (tertiary/aromatic N) is 4. The second-order valence-corrected chi connectivity index (χ2v) is 4.87. The van der Waals surface area contributed by atoms with E-state index in [1.54, 1.807) is 36.8 Å². The summed E-state index contributed by atoms with van der Waals surface area (Å²) in [5.41, 5.74) is 2.35. The van der Waals surface area contributed by atoms with E-state index in [0.29, 0.717) is 22.7 Å². The van der Waals surface area contributed by atoms with Gasteiger partial charge in [-0.15, -0.1) is 5.10 Å². The largest absolute Gasteiger partial charge is 0.461 e. The van der Waals surface area contributed by atoms with Crippen molar-refractivity contribution in [1.82, 2.24) is 20.0 Å². The topological polar surface area (TPSA) is 62.1 Å². The number of halogens is 1. The molecule has 7 heteroatoms. The fourth-order valence-corrected chi connectivity index (χ4v) is 2.27. The molecule has 3 aromatic rings. The number of pyridine rings is 1. The number of benzene rings is 1. The number of hydrogen-bond acceptors (Lipinski definition) is 5. The van der Waals surface area contributed by atoms with Gasteiger partial charge in [0.1, 0.15) is 23.5 Å². The van der Waals surface area contributed by atoms with E-state index in [4.69, 9.17) is 9.47 Å². The zero-order chi connectivity index (χ0) is 15.6. The van der Waals surface area contributed by atoms with Gasteiger partial charge in [-0.2, -0.15) is 0 Å². The molecule has 6 nitrogen and oxygen atoms in total. The molecule has 0 aliphatic carbocycles. The van der Waals surface area contributed by atoms with Gasteiger partial charge in [0.2, 0.25) is 6.79 Å². The summed E-state index contributed by atoms with van der Waals surface area (Å²) >= 11 is 0. The Hall–Kier alpha value is -3.22. The first-order chi connectivity index (χ1) is 11.3. The van der Waals surface area contributed by atoms with Crippen molar-refractivity contribution in [3.05, 3.63) is 66.6 Å². The third-order valence-corrected chi connectivity index (χ3v) is 3.40. The van der Waals surface area contributed by atoms with Crippen molar-refractivity contribution in [2.45, 2.75) is 0 Å². The van der Waals surface area contributed by atoms with Crippen LogP contribution < -0.4 is 0 Å². The molecule has 1 aromatic carbocycles. The average Bonchev–Trinajstić information content (AvgIpc) is 3.27. The van der Waals surface area contributed by atoms with Crippen LogP contribution in [0.25, 0.3) is 22.7 Å². The summed E-state index contributed by atoms with van der Waals surface area (Å²) < 4.78 is 26.0. The SMILES string of the molecule is Fc1cc(C2=COCO2)ccc1-n1cc(-c2cccnc2)nn1. The number of hydrogen-bond donors (Lipinski definition) is 0. The molecule has 1 aliphatic heterocycles. The van der Waals surface area contributed by atoms with Crippen molar-refractivity contribution < 1.29 is 13.9 Å². The van der Waals surface area contributed by atoms with Gasteiger partial charge in [0.25, 0.3) is 0 Å². The Kier molecular flexibility index (Phi) is 3.23. The molecule has 3 heterocycles. The van der Waals surface area contributed by atoms with Gasteiger partial charge in [0.05, 0.1) is 6.20 Å². The molecule has 0 N–H and O–H groups in total. The zero-order valence-electron chi connectivity index (χ0n) is 11.9. The van der Waals surface area contributed by atoms with E-state index in [1.807, 2.05) is 6.07 Å². The first-order valence-electron chi connectivity index (χ1n) is 6.89. The van der Waals surface area contributed by atoms with Crippen LogP contribution in [0.15, 0.2) is 55.2 Å². The number of aromatic nitrogens is 4. The highest BCUT2D eigenvalue weighted by atomic mass is 19.1. The van der Waals surface area contributed by atoms with Crippen LogP contribution in [0, 0.1) is 5.82 Å².